The van der Waals surface area contributed by atoms with Gasteiger partial charge in [0.1, 0.15) is 0 Å². The van der Waals surface area contributed by atoms with Gasteiger partial charge in [0.25, 0.3) is 0 Å². The van der Waals surface area contributed by atoms with E-state index in [4.69, 9.17) is 0 Å². The Bertz CT molecular complexity index is 558. The Morgan fingerprint density at radius 2 is 1.75 bits per heavy atom. The highest BCUT2D eigenvalue weighted by Gasteiger charge is 2.85. The van der Waals surface area contributed by atoms with Crippen molar-refractivity contribution in [2.45, 2.75) is 51.4 Å². The fraction of sp³-hybridized carbons (Fsp3) is 0.900. The molecule has 0 radical (unpaired) electrons. The van der Waals surface area contributed by atoms with Crippen LogP contribution in [0.25, 0.3) is 0 Å². The highest BCUT2D eigenvalue weighted by Crippen LogP contribution is 2.92. The molecule has 10 aliphatic carbocycles. The zero-order valence-corrected chi connectivity index (χ0v) is 12.5. The fourth-order valence-corrected chi connectivity index (χ4v) is 10.8. The minimum absolute atomic E-state index is 0.593. The van der Waals surface area contributed by atoms with Crippen molar-refractivity contribution in [3.8, 4) is 0 Å². The second-order valence-corrected chi connectivity index (χ2v) is 10.2. The minimum atomic E-state index is 0.593. The van der Waals surface area contributed by atoms with Gasteiger partial charge in [0.2, 0.25) is 0 Å². The summed E-state index contributed by atoms with van der Waals surface area (Å²) in [6.07, 6.45) is 15.4. The molecule has 0 saturated heterocycles. The van der Waals surface area contributed by atoms with E-state index < -0.39 is 0 Å². The van der Waals surface area contributed by atoms with Crippen molar-refractivity contribution in [3.05, 3.63) is 12.7 Å². The average molecular weight is 266 g/mol. The van der Waals surface area contributed by atoms with Gasteiger partial charge in [-0.15, -0.1) is 6.58 Å². The molecular formula is C20H26. The first-order valence-electron chi connectivity index (χ1n) is 9.35. The lowest BCUT2D eigenvalue weighted by atomic mass is 9.24. The third-order valence-corrected chi connectivity index (χ3v) is 10.5. The summed E-state index contributed by atoms with van der Waals surface area (Å²) in [6, 6.07) is 0. The van der Waals surface area contributed by atoms with Crippen LogP contribution in [0.2, 0.25) is 0 Å². The largest absolute Gasteiger partial charge is 0.103 e. The molecule has 0 amide bonds. The van der Waals surface area contributed by atoms with Crippen molar-refractivity contribution in [1.29, 1.82) is 0 Å². The topological polar surface area (TPSA) is 0 Å². The molecule has 0 aromatic heterocycles. The first-order chi connectivity index (χ1) is 9.71. The van der Waals surface area contributed by atoms with E-state index in [9.17, 15) is 0 Å². The predicted octanol–water partition coefficient (Wildman–Crippen LogP) is 4.66. The molecule has 0 nitrogen and oxygen atoms in total. The molecule has 10 rings (SSSR count). The second-order valence-electron chi connectivity index (χ2n) is 10.2. The quantitative estimate of drug-likeness (QED) is 0.605. The van der Waals surface area contributed by atoms with Gasteiger partial charge in [-0.25, -0.2) is 0 Å². The van der Waals surface area contributed by atoms with Crippen LogP contribution in [0.15, 0.2) is 12.7 Å². The third-order valence-electron chi connectivity index (χ3n) is 10.5. The van der Waals surface area contributed by atoms with Crippen molar-refractivity contribution in [2.24, 2.45) is 57.7 Å². The summed E-state index contributed by atoms with van der Waals surface area (Å²) in [5.74, 6) is 8.10. The SMILES string of the molecule is C=CC12CC3C4CC5C6CC7CC5C3(C1)C(C7)(C2)C6C4. The molecule has 10 fully saturated rings. The molecule has 10 aliphatic rings. The Morgan fingerprint density at radius 1 is 0.850 bits per heavy atom. The zero-order valence-electron chi connectivity index (χ0n) is 12.5. The van der Waals surface area contributed by atoms with Gasteiger partial charge in [-0.2, -0.15) is 0 Å². The lowest BCUT2D eigenvalue weighted by Crippen LogP contribution is -2.74. The van der Waals surface area contributed by atoms with Crippen LogP contribution in [0.5, 0.6) is 0 Å². The van der Waals surface area contributed by atoms with Crippen LogP contribution in [0.1, 0.15) is 51.4 Å². The summed E-state index contributed by atoms with van der Waals surface area (Å²) in [4.78, 5) is 0. The van der Waals surface area contributed by atoms with Crippen LogP contribution in [-0.4, -0.2) is 0 Å². The van der Waals surface area contributed by atoms with Gasteiger partial charge in [-0.3, -0.25) is 0 Å². The summed E-state index contributed by atoms with van der Waals surface area (Å²) in [7, 11) is 0. The maximum absolute atomic E-state index is 4.33. The van der Waals surface area contributed by atoms with Crippen molar-refractivity contribution in [2.75, 3.05) is 0 Å². The van der Waals surface area contributed by atoms with Gasteiger partial charge in [-0.1, -0.05) is 6.08 Å². The first kappa shape index (κ1) is 10.5. The monoisotopic (exact) mass is 266 g/mol. The molecule has 10 bridgehead atoms. The lowest BCUT2D eigenvalue weighted by molar-refractivity contribution is -0.323. The van der Waals surface area contributed by atoms with E-state index in [1.54, 1.807) is 51.4 Å². The molecule has 0 aliphatic heterocycles. The summed E-state index contributed by atoms with van der Waals surface area (Å²) in [5, 5.41) is 0. The normalized spacial score (nSPS) is 76.7. The molecule has 10 unspecified atom stereocenters. The van der Waals surface area contributed by atoms with E-state index in [0.29, 0.717) is 5.41 Å². The molecular weight excluding hydrogens is 240 g/mol. The smallest absolute Gasteiger partial charge is 0.0107 e. The minimum Gasteiger partial charge on any atom is -0.103 e. The molecule has 0 N–H and O–H groups in total. The van der Waals surface area contributed by atoms with E-state index in [0.717, 1.165) is 34.5 Å². The Kier molecular flexibility index (Phi) is 1.35. The van der Waals surface area contributed by atoms with E-state index in [2.05, 4.69) is 12.7 Å². The molecule has 0 heteroatoms. The van der Waals surface area contributed by atoms with Crippen molar-refractivity contribution in [1.82, 2.24) is 0 Å². The van der Waals surface area contributed by atoms with Gasteiger partial charge < -0.3 is 0 Å². The zero-order chi connectivity index (χ0) is 12.9. The fourth-order valence-electron chi connectivity index (χ4n) is 10.8. The van der Waals surface area contributed by atoms with Crippen molar-refractivity contribution < 1.29 is 0 Å². The maximum Gasteiger partial charge on any atom is -0.0107 e. The van der Waals surface area contributed by atoms with E-state index in [1.165, 1.54) is 17.8 Å². The van der Waals surface area contributed by atoms with Gasteiger partial charge in [0.15, 0.2) is 0 Å². The highest BCUT2D eigenvalue weighted by atomic mass is 14.9. The highest BCUT2D eigenvalue weighted by molar-refractivity contribution is 5.35. The standard InChI is InChI=1S/C20H26/c1-2-18-8-17-12-5-14-13-3-11-4-16(14)20(17,10-18)19(7-11,9-18)15(13)6-12/h2,11-17H,1,3-10H2. The maximum atomic E-state index is 4.33. The molecule has 0 aromatic carbocycles. The number of hydrogen-bond acceptors (Lipinski definition) is 0. The summed E-state index contributed by atoms with van der Waals surface area (Å²) in [5.41, 5.74) is 2.26. The van der Waals surface area contributed by atoms with Crippen LogP contribution in [0.4, 0.5) is 0 Å². The Morgan fingerprint density at radius 3 is 2.65 bits per heavy atom. The Balaban J connectivity index is 1.58. The third kappa shape index (κ3) is 0.709. The molecule has 10 saturated carbocycles. The van der Waals surface area contributed by atoms with Gasteiger partial charge in [0.05, 0.1) is 0 Å². The van der Waals surface area contributed by atoms with Crippen LogP contribution >= 0.6 is 0 Å². The summed E-state index contributed by atoms with van der Waals surface area (Å²) in [6.45, 7) is 4.33. The molecule has 10 atom stereocenters. The van der Waals surface area contributed by atoms with Crippen LogP contribution in [0.3, 0.4) is 0 Å². The van der Waals surface area contributed by atoms with Gasteiger partial charge in [0, 0.05) is 0 Å². The number of allylic oxidation sites excluding steroid dienone is 1. The van der Waals surface area contributed by atoms with Crippen LogP contribution < -0.4 is 0 Å². The van der Waals surface area contributed by atoms with Gasteiger partial charge in [-0.05, 0) is 109 Å². The van der Waals surface area contributed by atoms with Crippen molar-refractivity contribution in [3.63, 3.8) is 0 Å². The second kappa shape index (κ2) is 2.59. The van der Waals surface area contributed by atoms with Gasteiger partial charge >= 0.3 is 0 Å². The first-order valence-corrected chi connectivity index (χ1v) is 9.35. The average Bonchev–Trinajstić information content (AvgIpc) is 2.96. The van der Waals surface area contributed by atoms with Crippen molar-refractivity contribution >= 4 is 0 Å². The molecule has 0 heterocycles. The number of rotatable bonds is 1. The molecule has 106 valence electrons. The Labute approximate surface area is 122 Å². The molecule has 20 heavy (non-hydrogen) atoms. The molecule has 2 spiro atoms. The van der Waals surface area contributed by atoms with Crippen LogP contribution in [-0.2, 0) is 0 Å². The predicted molar refractivity (Wildman–Crippen MR) is 78.9 cm³/mol. The summed E-state index contributed by atoms with van der Waals surface area (Å²) >= 11 is 0. The van der Waals surface area contributed by atoms with E-state index >= 15 is 0 Å². The Hall–Kier alpha value is -0.260. The van der Waals surface area contributed by atoms with E-state index in [-0.39, 0.29) is 0 Å². The lowest BCUT2D eigenvalue weighted by Gasteiger charge is -2.80. The molecule has 0 aromatic rings. The summed E-state index contributed by atoms with van der Waals surface area (Å²) < 4.78 is 0. The van der Waals surface area contributed by atoms with Crippen LogP contribution in [0, 0.1) is 57.7 Å². The van der Waals surface area contributed by atoms with E-state index in [1.807, 2.05) is 0 Å². The number of hydrogen-bond donors (Lipinski definition) is 0.